The van der Waals surface area contributed by atoms with Crippen LogP contribution in [0.25, 0.3) is 10.9 Å². The van der Waals surface area contributed by atoms with Gasteiger partial charge in [0.2, 0.25) is 5.89 Å². The van der Waals surface area contributed by atoms with E-state index in [1.54, 1.807) is 37.4 Å². The second-order valence-electron chi connectivity index (χ2n) is 6.50. The highest BCUT2D eigenvalue weighted by Crippen LogP contribution is 2.25. The summed E-state index contributed by atoms with van der Waals surface area (Å²) < 4.78 is 11.1. The first-order valence-electron chi connectivity index (χ1n) is 9.11. The summed E-state index contributed by atoms with van der Waals surface area (Å²) in [6, 6.07) is 15.9. The topological polar surface area (TPSA) is 97.5 Å². The molecule has 7 nitrogen and oxygen atoms in total. The molecule has 29 heavy (non-hydrogen) atoms. The fourth-order valence-electron chi connectivity index (χ4n) is 3.02. The zero-order chi connectivity index (χ0) is 20.2. The molecule has 2 N–H and O–H groups in total. The molecule has 0 unspecified atom stereocenters. The van der Waals surface area contributed by atoms with Crippen molar-refractivity contribution < 1.29 is 19.1 Å². The van der Waals surface area contributed by atoms with E-state index in [0.29, 0.717) is 11.3 Å². The molecule has 4 rings (SSSR count). The normalized spacial score (nSPS) is 11.9. The molecule has 0 aliphatic heterocycles. The van der Waals surface area contributed by atoms with Gasteiger partial charge in [0.05, 0.1) is 6.04 Å². The number of nitrogens with zero attached hydrogens (tertiary/aromatic N) is 2. The summed E-state index contributed by atoms with van der Waals surface area (Å²) in [7, 11) is 0. The number of fused-ring (bicyclic) bond motifs is 1. The van der Waals surface area contributed by atoms with Crippen molar-refractivity contribution in [2.45, 2.75) is 19.6 Å². The second kappa shape index (κ2) is 8.02. The van der Waals surface area contributed by atoms with E-state index >= 15 is 0 Å². The number of phenols is 1. The van der Waals surface area contributed by atoms with Crippen molar-refractivity contribution in [2.75, 3.05) is 0 Å². The summed E-state index contributed by atoms with van der Waals surface area (Å²) >= 11 is 0. The zero-order valence-electron chi connectivity index (χ0n) is 15.7. The van der Waals surface area contributed by atoms with Gasteiger partial charge < -0.3 is 19.6 Å². The molecule has 0 fully saturated rings. The number of aromatic hydroxyl groups is 1. The minimum atomic E-state index is -0.400. The van der Waals surface area contributed by atoms with Crippen molar-refractivity contribution in [3.05, 3.63) is 84.2 Å². The number of carbonyl (C=O) groups excluding carboxylic acids is 1. The second-order valence-corrected chi connectivity index (χ2v) is 6.50. The van der Waals surface area contributed by atoms with Gasteiger partial charge >= 0.3 is 0 Å². The van der Waals surface area contributed by atoms with Gasteiger partial charge in [0.1, 0.15) is 23.3 Å². The Morgan fingerprint density at radius 2 is 2.00 bits per heavy atom. The Bertz CT molecular complexity index is 1150. The van der Waals surface area contributed by atoms with Crippen LogP contribution in [0.1, 0.15) is 34.9 Å². The maximum Gasteiger partial charge on any atom is 0.273 e. The van der Waals surface area contributed by atoms with Gasteiger partial charge in [-0.2, -0.15) is 0 Å². The van der Waals surface area contributed by atoms with Crippen LogP contribution in [0, 0.1) is 0 Å². The molecule has 0 saturated carbocycles. The van der Waals surface area contributed by atoms with Crippen LogP contribution in [0.15, 0.2) is 71.5 Å². The highest BCUT2D eigenvalue weighted by molar-refractivity contribution is 5.92. The minimum Gasteiger partial charge on any atom is -0.508 e. The average molecular weight is 389 g/mol. The van der Waals surface area contributed by atoms with Crippen LogP contribution in [0.4, 0.5) is 0 Å². The molecule has 146 valence electrons. The number of pyridine rings is 1. The Balaban J connectivity index is 1.41. The van der Waals surface area contributed by atoms with Gasteiger partial charge in [0.25, 0.3) is 5.91 Å². The number of oxazole rings is 1. The lowest BCUT2D eigenvalue weighted by Crippen LogP contribution is -2.27. The summed E-state index contributed by atoms with van der Waals surface area (Å²) in [6.45, 7) is 1.85. The number of benzene rings is 2. The fraction of sp³-hybridized carbons (Fsp3) is 0.136. The molecule has 2 heterocycles. The van der Waals surface area contributed by atoms with E-state index in [9.17, 15) is 9.90 Å². The maximum atomic E-state index is 12.4. The number of ether oxygens (including phenoxy) is 1. The Kier molecular flexibility index (Phi) is 5.11. The molecule has 0 spiro atoms. The fourth-order valence-corrected chi connectivity index (χ4v) is 3.02. The van der Waals surface area contributed by atoms with Crippen LogP contribution < -0.4 is 10.1 Å². The maximum absolute atomic E-state index is 12.4. The van der Waals surface area contributed by atoms with E-state index < -0.39 is 5.91 Å². The average Bonchev–Trinajstić information content (AvgIpc) is 3.21. The van der Waals surface area contributed by atoms with E-state index in [4.69, 9.17) is 9.15 Å². The van der Waals surface area contributed by atoms with Gasteiger partial charge in [-0.25, -0.2) is 4.98 Å². The largest absolute Gasteiger partial charge is 0.508 e. The van der Waals surface area contributed by atoms with E-state index in [2.05, 4.69) is 15.3 Å². The number of hydrogen-bond donors (Lipinski definition) is 2. The smallest absolute Gasteiger partial charge is 0.273 e. The summed E-state index contributed by atoms with van der Waals surface area (Å²) in [5.41, 5.74) is 1.51. The minimum absolute atomic E-state index is 0.0675. The molecule has 0 saturated heterocycles. The van der Waals surface area contributed by atoms with Crippen LogP contribution in [-0.4, -0.2) is 21.0 Å². The lowest BCUT2D eigenvalue weighted by Gasteiger charge is -2.14. The number of para-hydroxylation sites is 2. The number of rotatable bonds is 6. The quantitative estimate of drug-likeness (QED) is 0.517. The third-order valence-corrected chi connectivity index (χ3v) is 4.48. The number of hydrogen-bond acceptors (Lipinski definition) is 6. The summed E-state index contributed by atoms with van der Waals surface area (Å²) in [5.74, 6) is 0.611. The van der Waals surface area contributed by atoms with Crippen LogP contribution in [0.5, 0.6) is 11.5 Å². The van der Waals surface area contributed by atoms with Gasteiger partial charge in [-0.1, -0.05) is 36.4 Å². The number of nitrogens with one attached hydrogen (secondary N) is 1. The first-order chi connectivity index (χ1) is 14.1. The van der Waals surface area contributed by atoms with Crippen molar-refractivity contribution in [1.29, 1.82) is 0 Å². The van der Waals surface area contributed by atoms with Gasteiger partial charge in [0.15, 0.2) is 12.3 Å². The molecule has 0 aliphatic rings. The van der Waals surface area contributed by atoms with Crippen LogP contribution in [0.3, 0.4) is 0 Å². The number of amides is 1. The SMILES string of the molecule is C[C@@H](NC(=O)c1coc(COc2cccc3cccnc23)n1)c1ccccc1O. The molecule has 2 aromatic heterocycles. The van der Waals surface area contributed by atoms with Crippen molar-refractivity contribution in [3.63, 3.8) is 0 Å². The van der Waals surface area contributed by atoms with Crippen LogP contribution >= 0.6 is 0 Å². The van der Waals surface area contributed by atoms with Crippen molar-refractivity contribution in [3.8, 4) is 11.5 Å². The molecule has 1 atom stereocenters. The standard InChI is InChI=1S/C22H19N3O4/c1-14(16-8-2-3-9-18(16)26)24-22(27)17-12-29-20(25-17)13-28-19-10-4-6-15-7-5-11-23-21(15)19/h2-12,14,26H,13H2,1H3,(H,24,27)/t14-/m1/s1. The molecule has 4 aromatic rings. The number of phenolic OH excluding ortho intramolecular Hbond substituents is 1. The van der Waals surface area contributed by atoms with Crippen molar-refractivity contribution >= 4 is 16.8 Å². The van der Waals surface area contributed by atoms with Gasteiger partial charge in [-0.15, -0.1) is 0 Å². The van der Waals surface area contributed by atoms with Crippen molar-refractivity contribution in [2.24, 2.45) is 0 Å². The lowest BCUT2D eigenvalue weighted by atomic mass is 10.1. The summed E-state index contributed by atoms with van der Waals surface area (Å²) in [5, 5.41) is 13.7. The highest BCUT2D eigenvalue weighted by Gasteiger charge is 2.17. The highest BCUT2D eigenvalue weighted by atomic mass is 16.5. The van der Waals surface area contributed by atoms with E-state index in [1.165, 1.54) is 6.26 Å². The predicted molar refractivity (Wildman–Crippen MR) is 107 cm³/mol. The van der Waals surface area contributed by atoms with E-state index in [0.717, 1.165) is 10.9 Å². The van der Waals surface area contributed by atoms with Crippen LogP contribution in [0.2, 0.25) is 0 Å². The Morgan fingerprint density at radius 1 is 1.17 bits per heavy atom. The summed E-state index contributed by atoms with van der Waals surface area (Å²) in [4.78, 5) is 21.0. The molecular formula is C22H19N3O4. The molecule has 0 radical (unpaired) electrons. The molecular weight excluding hydrogens is 370 g/mol. The number of carbonyl (C=O) groups is 1. The summed E-state index contributed by atoms with van der Waals surface area (Å²) in [6.07, 6.45) is 2.99. The first kappa shape index (κ1) is 18.5. The van der Waals surface area contributed by atoms with Crippen LogP contribution in [-0.2, 0) is 6.61 Å². The van der Waals surface area contributed by atoms with Crippen molar-refractivity contribution in [1.82, 2.24) is 15.3 Å². The number of aromatic nitrogens is 2. The predicted octanol–water partition coefficient (Wildman–Crippen LogP) is 4.00. The zero-order valence-corrected chi connectivity index (χ0v) is 15.7. The molecule has 7 heteroatoms. The molecule has 0 bridgehead atoms. The lowest BCUT2D eigenvalue weighted by molar-refractivity contribution is 0.0934. The molecule has 1 amide bonds. The van der Waals surface area contributed by atoms with Gasteiger partial charge in [0, 0.05) is 17.1 Å². The molecule has 2 aromatic carbocycles. The van der Waals surface area contributed by atoms with E-state index in [1.807, 2.05) is 30.3 Å². The van der Waals surface area contributed by atoms with Gasteiger partial charge in [-0.05, 0) is 25.1 Å². The Morgan fingerprint density at radius 3 is 2.86 bits per heavy atom. The first-order valence-corrected chi connectivity index (χ1v) is 9.11. The Labute approximate surface area is 167 Å². The van der Waals surface area contributed by atoms with E-state index in [-0.39, 0.29) is 30.0 Å². The third kappa shape index (κ3) is 4.03. The Hall–Kier alpha value is -3.87. The van der Waals surface area contributed by atoms with Gasteiger partial charge in [-0.3, -0.25) is 9.78 Å². The third-order valence-electron chi connectivity index (χ3n) is 4.48. The molecule has 0 aliphatic carbocycles. The monoisotopic (exact) mass is 389 g/mol.